The summed E-state index contributed by atoms with van der Waals surface area (Å²) in [6, 6.07) is 2.12. The molecule has 20 heavy (non-hydrogen) atoms. The van der Waals surface area contributed by atoms with Crippen molar-refractivity contribution in [2.75, 3.05) is 0 Å². The van der Waals surface area contributed by atoms with E-state index in [2.05, 4.69) is 18.7 Å². The SMILES string of the molecule is CC1CCC(C)C(N2C3CCC2CC(CC(=O)O)C3)C1. The third-order valence-corrected chi connectivity index (χ3v) is 6.15. The Labute approximate surface area is 122 Å². The van der Waals surface area contributed by atoms with E-state index in [4.69, 9.17) is 5.11 Å². The van der Waals surface area contributed by atoms with Gasteiger partial charge < -0.3 is 5.11 Å². The average molecular weight is 279 g/mol. The van der Waals surface area contributed by atoms with Crippen molar-refractivity contribution in [3.63, 3.8) is 0 Å². The first kappa shape index (κ1) is 14.4. The molecule has 3 heteroatoms. The van der Waals surface area contributed by atoms with Crippen molar-refractivity contribution in [3.8, 4) is 0 Å². The maximum atomic E-state index is 11.0. The van der Waals surface area contributed by atoms with E-state index in [-0.39, 0.29) is 0 Å². The number of nitrogens with zero attached hydrogens (tertiary/aromatic N) is 1. The van der Waals surface area contributed by atoms with Gasteiger partial charge in [-0.2, -0.15) is 0 Å². The summed E-state index contributed by atoms with van der Waals surface area (Å²) in [5.74, 6) is 1.51. The van der Waals surface area contributed by atoms with Crippen molar-refractivity contribution in [1.29, 1.82) is 0 Å². The van der Waals surface area contributed by atoms with Crippen molar-refractivity contribution >= 4 is 5.97 Å². The molecule has 5 atom stereocenters. The number of fused-ring (bicyclic) bond motifs is 2. The number of aliphatic carboxylic acids is 1. The van der Waals surface area contributed by atoms with Crippen LogP contribution in [0.2, 0.25) is 0 Å². The van der Waals surface area contributed by atoms with Crippen LogP contribution in [0.4, 0.5) is 0 Å². The minimum Gasteiger partial charge on any atom is -0.481 e. The number of rotatable bonds is 3. The Bertz CT molecular complexity index is 356. The number of carboxylic acid groups (broad SMARTS) is 1. The second kappa shape index (κ2) is 5.67. The first-order chi connectivity index (χ1) is 9.54. The molecule has 0 aromatic heterocycles. The molecular weight excluding hydrogens is 250 g/mol. The Morgan fingerprint density at radius 3 is 2.30 bits per heavy atom. The van der Waals surface area contributed by atoms with Gasteiger partial charge in [-0.25, -0.2) is 0 Å². The molecular formula is C17H29NO2. The number of hydrogen-bond acceptors (Lipinski definition) is 2. The summed E-state index contributed by atoms with van der Waals surface area (Å²) in [5, 5.41) is 9.04. The number of hydrogen-bond donors (Lipinski definition) is 1. The van der Waals surface area contributed by atoms with E-state index in [9.17, 15) is 4.79 Å². The summed E-state index contributed by atoms with van der Waals surface area (Å²) >= 11 is 0. The zero-order chi connectivity index (χ0) is 14.3. The topological polar surface area (TPSA) is 40.5 Å². The van der Waals surface area contributed by atoms with Crippen LogP contribution in [0.5, 0.6) is 0 Å². The van der Waals surface area contributed by atoms with Crippen LogP contribution in [-0.4, -0.2) is 34.1 Å². The first-order valence-corrected chi connectivity index (χ1v) is 8.53. The highest BCUT2D eigenvalue weighted by atomic mass is 16.4. The quantitative estimate of drug-likeness (QED) is 0.859. The van der Waals surface area contributed by atoms with Crippen molar-refractivity contribution < 1.29 is 9.90 Å². The van der Waals surface area contributed by atoms with E-state index >= 15 is 0 Å². The van der Waals surface area contributed by atoms with Gasteiger partial charge in [0.15, 0.2) is 0 Å². The van der Waals surface area contributed by atoms with Crippen LogP contribution in [-0.2, 0) is 4.79 Å². The lowest BCUT2D eigenvalue weighted by Crippen LogP contribution is -2.53. The van der Waals surface area contributed by atoms with Gasteiger partial charge >= 0.3 is 5.97 Å². The fourth-order valence-corrected chi connectivity index (χ4v) is 5.20. The molecule has 2 saturated heterocycles. The molecule has 2 heterocycles. The second-order valence-electron chi connectivity index (χ2n) is 7.73. The summed E-state index contributed by atoms with van der Waals surface area (Å²) in [6.07, 6.45) is 9.37. The van der Waals surface area contributed by atoms with Crippen molar-refractivity contribution in [2.24, 2.45) is 17.8 Å². The third kappa shape index (κ3) is 2.74. The van der Waals surface area contributed by atoms with Crippen molar-refractivity contribution in [2.45, 2.75) is 83.3 Å². The van der Waals surface area contributed by atoms with Gasteiger partial charge in [0.05, 0.1) is 0 Å². The third-order valence-electron chi connectivity index (χ3n) is 6.15. The lowest BCUT2D eigenvalue weighted by Gasteiger charge is -2.48. The molecule has 0 aromatic rings. The van der Waals surface area contributed by atoms with Gasteiger partial charge in [-0.15, -0.1) is 0 Å². The Kier molecular flexibility index (Phi) is 4.07. The maximum Gasteiger partial charge on any atom is 0.303 e. The van der Waals surface area contributed by atoms with Crippen LogP contribution in [0.15, 0.2) is 0 Å². The second-order valence-corrected chi connectivity index (χ2v) is 7.73. The number of piperidine rings is 1. The molecule has 1 saturated carbocycles. The molecule has 0 aromatic carbocycles. The summed E-state index contributed by atoms with van der Waals surface area (Å²) in [6.45, 7) is 4.83. The van der Waals surface area contributed by atoms with Gasteiger partial charge in [0.2, 0.25) is 0 Å². The smallest absolute Gasteiger partial charge is 0.303 e. The zero-order valence-electron chi connectivity index (χ0n) is 12.9. The summed E-state index contributed by atoms with van der Waals surface area (Å²) in [4.78, 5) is 13.8. The van der Waals surface area contributed by atoms with E-state index in [1.165, 1.54) is 32.1 Å². The van der Waals surface area contributed by atoms with Crippen LogP contribution < -0.4 is 0 Å². The van der Waals surface area contributed by atoms with Gasteiger partial charge in [-0.1, -0.05) is 20.3 Å². The van der Waals surface area contributed by atoms with Crippen LogP contribution in [0.25, 0.3) is 0 Å². The molecule has 1 N–H and O–H groups in total. The van der Waals surface area contributed by atoms with Crippen LogP contribution in [0.1, 0.15) is 65.2 Å². The lowest BCUT2D eigenvalue weighted by molar-refractivity contribution is -0.138. The van der Waals surface area contributed by atoms with E-state index in [0.717, 1.165) is 30.7 Å². The van der Waals surface area contributed by atoms with Crippen molar-refractivity contribution in [3.05, 3.63) is 0 Å². The summed E-state index contributed by atoms with van der Waals surface area (Å²) in [5.41, 5.74) is 0. The average Bonchev–Trinajstić information content (AvgIpc) is 2.63. The summed E-state index contributed by atoms with van der Waals surface area (Å²) in [7, 11) is 0. The standard InChI is InChI=1S/C17H29NO2/c1-11-3-4-12(2)16(7-11)18-14-5-6-15(18)9-13(8-14)10-17(19)20/h11-16H,3-10H2,1-2H3,(H,19,20). The summed E-state index contributed by atoms with van der Waals surface area (Å²) < 4.78 is 0. The molecule has 2 aliphatic heterocycles. The number of carboxylic acids is 1. The highest BCUT2D eigenvalue weighted by Crippen LogP contribution is 2.45. The molecule has 0 spiro atoms. The molecule has 3 fully saturated rings. The molecule has 0 amide bonds. The van der Waals surface area contributed by atoms with E-state index in [0.29, 0.717) is 24.4 Å². The molecule has 2 bridgehead atoms. The Hall–Kier alpha value is -0.570. The Morgan fingerprint density at radius 2 is 1.70 bits per heavy atom. The molecule has 3 nitrogen and oxygen atoms in total. The van der Waals surface area contributed by atoms with E-state index < -0.39 is 5.97 Å². The van der Waals surface area contributed by atoms with Crippen molar-refractivity contribution in [1.82, 2.24) is 4.90 Å². The predicted octanol–water partition coefficient (Wildman–Crippen LogP) is 3.53. The first-order valence-electron chi connectivity index (χ1n) is 8.53. The Morgan fingerprint density at radius 1 is 1.05 bits per heavy atom. The minimum atomic E-state index is -0.609. The van der Waals surface area contributed by atoms with Crippen LogP contribution in [0.3, 0.4) is 0 Å². The Balaban J connectivity index is 1.68. The largest absolute Gasteiger partial charge is 0.481 e. The fraction of sp³-hybridized carbons (Fsp3) is 0.941. The molecule has 5 unspecified atom stereocenters. The highest BCUT2D eigenvalue weighted by Gasteiger charge is 2.46. The molecule has 0 radical (unpaired) electrons. The molecule has 114 valence electrons. The van der Waals surface area contributed by atoms with Gasteiger partial charge in [0.1, 0.15) is 0 Å². The monoisotopic (exact) mass is 279 g/mol. The van der Waals surface area contributed by atoms with Gasteiger partial charge in [-0.05, 0) is 56.3 Å². The maximum absolute atomic E-state index is 11.0. The van der Waals surface area contributed by atoms with E-state index in [1.807, 2.05) is 0 Å². The van der Waals surface area contributed by atoms with E-state index in [1.54, 1.807) is 0 Å². The van der Waals surface area contributed by atoms with Crippen LogP contribution in [0, 0.1) is 17.8 Å². The van der Waals surface area contributed by atoms with Gasteiger partial charge in [0.25, 0.3) is 0 Å². The van der Waals surface area contributed by atoms with Gasteiger partial charge in [0, 0.05) is 24.5 Å². The molecule has 3 rings (SSSR count). The van der Waals surface area contributed by atoms with Crippen LogP contribution >= 0.6 is 0 Å². The molecule has 1 aliphatic carbocycles. The predicted molar refractivity (Wildman–Crippen MR) is 79.6 cm³/mol. The normalized spacial score (nSPS) is 45.5. The highest BCUT2D eigenvalue weighted by molar-refractivity contribution is 5.67. The lowest BCUT2D eigenvalue weighted by atomic mass is 9.77. The van der Waals surface area contributed by atoms with Gasteiger partial charge in [-0.3, -0.25) is 9.69 Å². The number of carbonyl (C=O) groups is 1. The molecule has 3 aliphatic rings. The fourth-order valence-electron chi connectivity index (χ4n) is 5.20. The zero-order valence-corrected chi connectivity index (χ0v) is 12.9. The minimum absolute atomic E-state index is 0.386.